The number of carbonyl (C=O) groups excluding carboxylic acids is 1. The van der Waals surface area contributed by atoms with Crippen LogP contribution in [0.1, 0.15) is 25.7 Å². The molecule has 6 nitrogen and oxygen atoms in total. The average Bonchev–Trinajstić information content (AvgIpc) is 2.32. The lowest BCUT2D eigenvalue weighted by Gasteiger charge is -2.31. The van der Waals surface area contributed by atoms with Gasteiger partial charge in [-0.15, -0.1) is 0 Å². The van der Waals surface area contributed by atoms with Crippen molar-refractivity contribution in [2.75, 3.05) is 26.2 Å². The molecule has 0 aromatic rings. The maximum atomic E-state index is 11.8. The summed E-state index contributed by atoms with van der Waals surface area (Å²) in [6.45, 7) is 1.55. The molecule has 1 aliphatic heterocycles. The van der Waals surface area contributed by atoms with Gasteiger partial charge in [-0.3, -0.25) is 0 Å². The Labute approximate surface area is 106 Å². The van der Waals surface area contributed by atoms with Crippen LogP contribution in [0.3, 0.4) is 0 Å². The van der Waals surface area contributed by atoms with E-state index in [2.05, 4.69) is 5.32 Å². The molecule has 0 radical (unpaired) electrons. The van der Waals surface area contributed by atoms with E-state index in [1.54, 1.807) is 0 Å². The molecule has 2 aliphatic rings. The fourth-order valence-corrected chi connectivity index (χ4v) is 2.26. The number of hydrogen-bond donors (Lipinski definition) is 2. The van der Waals surface area contributed by atoms with E-state index in [4.69, 9.17) is 9.84 Å². The van der Waals surface area contributed by atoms with Gasteiger partial charge in [0.05, 0.1) is 13.2 Å². The number of aliphatic carboxylic acids is 1. The molecule has 0 aromatic carbocycles. The lowest BCUT2D eigenvalue weighted by Crippen LogP contribution is -2.52. The van der Waals surface area contributed by atoms with Gasteiger partial charge in [0.2, 0.25) is 0 Å². The van der Waals surface area contributed by atoms with E-state index in [0.717, 1.165) is 12.3 Å². The maximum absolute atomic E-state index is 11.8. The summed E-state index contributed by atoms with van der Waals surface area (Å²) >= 11 is 0. The van der Waals surface area contributed by atoms with Gasteiger partial charge in [0.25, 0.3) is 0 Å². The van der Waals surface area contributed by atoms with Crippen molar-refractivity contribution in [2.24, 2.45) is 5.92 Å². The molecule has 1 atom stereocenters. The number of ether oxygens (including phenoxy) is 1. The molecule has 6 heteroatoms. The number of morpholine rings is 1. The fourth-order valence-electron chi connectivity index (χ4n) is 2.26. The number of carboxylic acids is 1. The monoisotopic (exact) mass is 256 g/mol. The molecule has 0 spiro atoms. The van der Waals surface area contributed by atoms with Crippen molar-refractivity contribution in [3.63, 3.8) is 0 Å². The Bertz CT molecular complexity index is 317. The molecule has 1 aliphatic carbocycles. The molecule has 2 N–H and O–H groups in total. The van der Waals surface area contributed by atoms with Crippen molar-refractivity contribution < 1.29 is 19.4 Å². The highest BCUT2D eigenvalue weighted by atomic mass is 16.5. The van der Waals surface area contributed by atoms with Gasteiger partial charge in [-0.1, -0.05) is 19.3 Å². The predicted octanol–water partition coefficient (Wildman–Crippen LogP) is 0.672. The number of carboxylic acid groups (broad SMARTS) is 1. The number of rotatable bonds is 4. The van der Waals surface area contributed by atoms with Crippen LogP contribution in [0.2, 0.25) is 0 Å². The largest absolute Gasteiger partial charge is 0.479 e. The summed E-state index contributed by atoms with van der Waals surface area (Å²) in [7, 11) is 0. The first-order valence-electron chi connectivity index (χ1n) is 6.54. The third kappa shape index (κ3) is 3.35. The minimum Gasteiger partial charge on any atom is -0.479 e. The summed E-state index contributed by atoms with van der Waals surface area (Å²) in [6.07, 6.45) is 3.99. The quantitative estimate of drug-likeness (QED) is 0.775. The van der Waals surface area contributed by atoms with Crippen molar-refractivity contribution in [3.8, 4) is 0 Å². The number of amides is 2. The van der Waals surface area contributed by atoms with Crippen LogP contribution >= 0.6 is 0 Å². The molecule has 1 saturated heterocycles. The molecule has 1 heterocycles. The Morgan fingerprint density at radius 1 is 1.39 bits per heavy atom. The van der Waals surface area contributed by atoms with E-state index < -0.39 is 12.1 Å². The van der Waals surface area contributed by atoms with Crippen LogP contribution in [0.5, 0.6) is 0 Å². The van der Waals surface area contributed by atoms with E-state index in [1.807, 2.05) is 0 Å². The van der Waals surface area contributed by atoms with Crippen molar-refractivity contribution in [3.05, 3.63) is 0 Å². The van der Waals surface area contributed by atoms with Crippen LogP contribution < -0.4 is 5.32 Å². The molecule has 1 unspecified atom stereocenters. The van der Waals surface area contributed by atoms with Gasteiger partial charge < -0.3 is 20.1 Å². The Hall–Kier alpha value is -1.30. The number of hydrogen-bond acceptors (Lipinski definition) is 3. The van der Waals surface area contributed by atoms with Crippen LogP contribution in [-0.4, -0.2) is 54.4 Å². The second-order valence-electron chi connectivity index (χ2n) is 4.96. The lowest BCUT2D eigenvalue weighted by atomic mass is 9.83. The Morgan fingerprint density at radius 2 is 2.17 bits per heavy atom. The summed E-state index contributed by atoms with van der Waals surface area (Å²) in [5.74, 6) is -0.247. The van der Waals surface area contributed by atoms with Crippen LogP contribution in [0.4, 0.5) is 4.79 Å². The topological polar surface area (TPSA) is 78.9 Å². The van der Waals surface area contributed by atoms with Crippen molar-refractivity contribution in [2.45, 2.75) is 31.8 Å². The van der Waals surface area contributed by atoms with Gasteiger partial charge in [0.15, 0.2) is 6.10 Å². The Kier molecular flexibility index (Phi) is 4.41. The summed E-state index contributed by atoms with van der Waals surface area (Å²) in [4.78, 5) is 24.1. The van der Waals surface area contributed by atoms with Gasteiger partial charge >= 0.3 is 12.0 Å². The van der Waals surface area contributed by atoms with Crippen molar-refractivity contribution >= 4 is 12.0 Å². The van der Waals surface area contributed by atoms with E-state index in [9.17, 15) is 9.59 Å². The third-order valence-electron chi connectivity index (χ3n) is 3.68. The molecule has 0 bridgehead atoms. The number of carbonyl (C=O) groups is 2. The highest BCUT2D eigenvalue weighted by Gasteiger charge is 2.28. The second-order valence-corrected chi connectivity index (χ2v) is 4.96. The van der Waals surface area contributed by atoms with E-state index in [-0.39, 0.29) is 19.2 Å². The second kappa shape index (κ2) is 6.04. The zero-order chi connectivity index (χ0) is 13.0. The Balaban J connectivity index is 1.68. The fraction of sp³-hybridized carbons (Fsp3) is 0.833. The molecular formula is C12H20N2O4. The van der Waals surface area contributed by atoms with E-state index >= 15 is 0 Å². The van der Waals surface area contributed by atoms with Crippen LogP contribution in [0.15, 0.2) is 0 Å². The highest BCUT2D eigenvalue weighted by molar-refractivity contribution is 5.77. The first-order valence-corrected chi connectivity index (χ1v) is 6.54. The molecule has 2 amide bonds. The predicted molar refractivity (Wildman–Crippen MR) is 64.3 cm³/mol. The van der Waals surface area contributed by atoms with Crippen LogP contribution in [-0.2, 0) is 9.53 Å². The normalized spacial score (nSPS) is 24.4. The first-order chi connectivity index (χ1) is 8.66. The standard InChI is InChI=1S/C12H20N2O4/c15-11(16)10-8-14(6-7-18-10)12(17)13-5-4-9-2-1-3-9/h9-10H,1-8H2,(H,13,17)(H,15,16). The molecule has 2 rings (SSSR count). The number of nitrogens with zero attached hydrogens (tertiary/aromatic N) is 1. The number of nitrogens with one attached hydrogen (secondary N) is 1. The summed E-state index contributed by atoms with van der Waals surface area (Å²) in [5, 5.41) is 11.7. The van der Waals surface area contributed by atoms with Crippen molar-refractivity contribution in [1.29, 1.82) is 0 Å². The summed E-state index contributed by atoms with van der Waals surface area (Å²) in [5.41, 5.74) is 0. The highest BCUT2D eigenvalue weighted by Crippen LogP contribution is 2.28. The maximum Gasteiger partial charge on any atom is 0.334 e. The van der Waals surface area contributed by atoms with Crippen molar-refractivity contribution in [1.82, 2.24) is 10.2 Å². The molecule has 0 aromatic heterocycles. The zero-order valence-electron chi connectivity index (χ0n) is 10.4. The first kappa shape index (κ1) is 13.1. The van der Waals surface area contributed by atoms with E-state index in [0.29, 0.717) is 13.1 Å². The molecule has 18 heavy (non-hydrogen) atoms. The molecule has 2 fully saturated rings. The van der Waals surface area contributed by atoms with Gasteiger partial charge in [-0.2, -0.15) is 0 Å². The molecule has 102 valence electrons. The van der Waals surface area contributed by atoms with Crippen LogP contribution in [0, 0.1) is 5.92 Å². The van der Waals surface area contributed by atoms with Gasteiger partial charge in [-0.05, 0) is 12.3 Å². The lowest BCUT2D eigenvalue weighted by molar-refractivity contribution is -0.154. The summed E-state index contributed by atoms with van der Waals surface area (Å²) < 4.78 is 5.07. The zero-order valence-corrected chi connectivity index (χ0v) is 10.4. The van der Waals surface area contributed by atoms with E-state index in [1.165, 1.54) is 24.2 Å². The van der Waals surface area contributed by atoms with Gasteiger partial charge in [0.1, 0.15) is 0 Å². The SMILES string of the molecule is O=C(O)C1CN(C(=O)NCCC2CCC2)CCO1. The summed E-state index contributed by atoms with van der Waals surface area (Å²) in [6, 6.07) is -0.177. The minimum absolute atomic E-state index is 0.130. The minimum atomic E-state index is -1.01. The van der Waals surface area contributed by atoms with Crippen LogP contribution in [0.25, 0.3) is 0 Å². The average molecular weight is 256 g/mol. The third-order valence-corrected chi connectivity index (χ3v) is 3.68. The smallest absolute Gasteiger partial charge is 0.334 e. The Morgan fingerprint density at radius 3 is 2.78 bits per heavy atom. The van der Waals surface area contributed by atoms with Gasteiger partial charge in [0, 0.05) is 13.1 Å². The number of urea groups is 1. The molecular weight excluding hydrogens is 236 g/mol. The van der Waals surface area contributed by atoms with Gasteiger partial charge in [-0.25, -0.2) is 9.59 Å². The molecule has 1 saturated carbocycles.